The minimum atomic E-state index is -0.305. The summed E-state index contributed by atoms with van der Waals surface area (Å²) in [4.78, 5) is 4.69. The van der Waals surface area contributed by atoms with Crippen LogP contribution in [0.5, 0.6) is 5.75 Å². The zero-order chi connectivity index (χ0) is 18.1. The maximum absolute atomic E-state index is 13.3. The van der Waals surface area contributed by atoms with Gasteiger partial charge in [0, 0.05) is 11.8 Å². The minimum Gasteiger partial charge on any atom is -0.508 e. The molecular formula is C20H15FN4O. The largest absolute Gasteiger partial charge is 0.508 e. The molecule has 2 aromatic heterocycles. The number of aromatic nitrogens is 2. The number of benzene rings is 2. The number of hydrogen-bond donors (Lipinski definition) is 1. The molecule has 0 saturated carbocycles. The fraction of sp³-hybridized carbons (Fsp3) is 0.0500. The number of phenols is 1. The number of pyridine rings is 1. The molecule has 2 heterocycles. The van der Waals surface area contributed by atoms with Crippen LogP contribution >= 0.6 is 0 Å². The van der Waals surface area contributed by atoms with Crippen LogP contribution in [0, 0.1) is 12.7 Å². The highest BCUT2D eigenvalue weighted by Gasteiger charge is 2.15. The summed E-state index contributed by atoms with van der Waals surface area (Å²) < 4.78 is 15.1. The molecule has 0 saturated heterocycles. The summed E-state index contributed by atoms with van der Waals surface area (Å²) in [7, 11) is 0. The van der Waals surface area contributed by atoms with Crippen LogP contribution < -0.4 is 0 Å². The van der Waals surface area contributed by atoms with E-state index in [0.717, 1.165) is 16.8 Å². The Kier molecular flexibility index (Phi) is 3.93. The molecule has 0 amide bonds. The molecule has 4 rings (SSSR count). The molecule has 128 valence electrons. The summed E-state index contributed by atoms with van der Waals surface area (Å²) in [6.07, 6.45) is 1.87. The predicted octanol–water partition coefficient (Wildman–Crippen LogP) is 5.57. The third kappa shape index (κ3) is 2.93. The van der Waals surface area contributed by atoms with Crippen molar-refractivity contribution in [3.05, 3.63) is 78.2 Å². The molecular weight excluding hydrogens is 331 g/mol. The fourth-order valence-corrected chi connectivity index (χ4v) is 2.71. The number of rotatable bonds is 3. The lowest BCUT2D eigenvalue weighted by molar-refractivity contribution is 0.475. The van der Waals surface area contributed by atoms with Crippen molar-refractivity contribution in [3.8, 4) is 17.0 Å². The lowest BCUT2D eigenvalue weighted by Crippen LogP contribution is -1.85. The predicted molar refractivity (Wildman–Crippen MR) is 97.6 cm³/mol. The van der Waals surface area contributed by atoms with Crippen molar-refractivity contribution in [1.29, 1.82) is 0 Å². The fourth-order valence-electron chi connectivity index (χ4n) is 2.71. The average molecular weight is 346 g/mol. The minimum absolute atomic E-state index is 0.168. The number of fused-ring (bicyclic) bond motifs is 1. The number of hydrogen-bond acceptors (Lipinski definition) is 4. The van der Waals surface area contributed by atoms with Gasteiger partial charge in [-0.2, -0.15) is 0 Å². The maximum Gasteiger partial charge on any atom is 0.187 e. The molecule has 0 aliphatic carbocycles. The van der Waals surface area contributed by atoms with Gasteiger partial charge in [-0.15, -0.1) is 10.2 Å². The van der Waals surface area contributed by atoms with Gasteiger partial charge in [0.25, 0.3) is 0 Å². The van der Waals surface area contributed by atoms with Gasteiger partial charge in [-0.05, 0) is 67.1 Å². The molecule has 4 aromatic rings. The number of halogens is 1. The third-order valence-corrected chi connectivity index (χ3v) is 4.05. The first kappa shape index (κ1) is 16.0. The first-order valence-corrected chi connectivity index (χ1v) is 8.06. The number of aryl methyl sites for hydroxylation is 1. The molecule has 0 aliphatic rings. The van der Waals surface area contributed by atoms with Crippen LogP contribution in [0.3, 0.4) is 0 Å². The van der Waals surface area contributed by atoms with Crippen molar-refractivity contribution >= 4 is 17.2 Å². The van der Waals surface area contributed by atoms with Crippen molar-refractivity contribution in [1.82, 2.24) is 9.38 Å². The lowest BCUT2D eigenvalue weighted by Gasteiger charge is -2.00. The summed E-state index contributed by atoms with van der Waals surface area (Å²) in [6, 6.07) is 16.5. The lowest BCUT2D eigenvalue weighted by atomic mass is 10.1. The topological polar surface area (TPSA) is 62.2 Å². The summed E-state index contributed by atoms with van der Waals surface area (Å²) in [5.74, 6) is 0.422. The number of imidazole rings is 1. The van der Waals surface area contributed by atoms with Gasteiger partial charge in [-0.25, -0.2) is 9.37 Å². The van der Waals surface area contributed by atoms with Gasteiger partial charge in [0.1, 0.15) is 22.9 Å². The standard InChI is InChI=1S/C20H15FN4O/c1-13-3-2-12-25-19(13)22-18(14-4-6-15(21)7-5-14)20(25)24-23-16-8-10-17(26)11-9-16/h2-12,26H,1H3. The van der Waals surface area contributed by atoms with Gasteiger partial charge in [-0.3, -0.25) is 4.40 Å². The van der Waals surface area contributed by atoms with E-state index in [1.165, 1.54) is 12.1 Å². The Morgan fingerprint density at radius 1 is 0.962 bits per heavy atom. The maximum atomic E-state index is 13.3. The van der Waals surface area contributed by atoms with E-state index >= 15 is 0 Å². The summed E-state index contributed by atoms with van der Waals surface area (Å²) in [5.41, 5.74) is 3.76. The molecule has 2 aromatic carbocycles. The average Bonchev–Trinajstić information content (AvgIpc) is 3.02. The summed E-state index contributed by atoms with van der Waals surface area (Å²) in [6.45, 7) is 1.97. The highest BCUT2D eigenvalue weighted by Crippen LogP contribution is 2.33. The van der Waals surface area contributed by atoms with Crippen LogP contribution in [0.25, 0.3) is 16.9 Å². The molecule has 6 heteroatoms. The quantitative estimate of drug-likeness (QED) is 0.493. The van der Waals surface area contributed by atoms with Crippen molar-refractivity contribution < 1.29 is 9.50 Å². The Morgan fingerprint density at radius 2 is 1.69 bits per heavy atom. The zero-order valence-electron chi connectivity index (χ0n) is 14.0. The number of azo groups is 1. The van der Waals surface area contributed by atoms with Gasteiger partial charge >= 0.3 is 0 Å². The molecule has 26 heavy (non-hydrogen) atoms. The first-order chi connectivity index (χ1) is 12.6. The molecule has 0 aliphatic heterocycles. The number of phenolic OH excluding ortho intramolecular Hbond substituents is 1. The third-order valence-electron chi connectivity index (χ3n) is 4.05. The molecule has 0 spiro atoms. The molecule has 5 nitrogen and oxygen atoms in total. The van der Waals surface area contributed by atoms with Crippen LogP contribution in [0.2, 0.25) is 0 Å². The van der Waals surface area contributed by atoms with E-state index in [2.05, 4.69) is 15.2 Å². The van der Waals surface area contributed by atoms with E-state index in [-0.39, 0.29) is 11.6 Å². The zero-order valence-corrected chi connectivity index (χ0v) is 14.0. The van der Waals surface area contributed by atoms with E-state index in [0.29, 0.717) is 17.2 Å². The van der Waals surface area contributed by atoms with Crippen molar-refractivity contribution in [2.24, 2.45) is 10.2 Å². The van der Waals surface area contributed by atoms with Crippen LogP contribution in [-0.2, 0) is 0 Å². The van der Waals surface area contributed by atoms with Crippen molar-refractivity contribution in [3.63, 3.8) is 0 Å². The Bertz CT molecular complexity index is 1100. The van der Waals surface area contributed by atoms with Crippen molar-refractivity contribution in [2.45, 2.75) is 6.92 Å². The van der Waals surface area contributed by atoms with E-state index in [1.807, 2.05) is 29.7 Å². The van der Waals surface area contributed by atoms with E-state index in [4.69, 9.17) is 0 Å². The highest BCUT2D eigenvalue weighted by atomic mass is 19.1. The number of nitrogens with zero attached hydrogens (tertiary/aromatic N) is 4. The smallest absolute Gasteiger partial charge is 0.187 e. The summed E-state index contributed by atoms with van der Waals surface area (Å²) >= 11 is 0. The van der Waals surface area contributed by atoms with Gasteiger partial charge in [0.05, 0.1) is 5.69 Å². The monoisotopic (exact) mass is 346 g/mol. The van der Waals surface area contributed by atoms with Gasteiger partial charge < -0.3 is 5.11 Å². The van der Waals surface area contributed by atoms with E-state index < -0.39 is 0 Å². The molecule has 0 atom stereocenters. The second kappa shape index (κ2) is 6.40. The van der Waals surface area contributed by atoms with Crippen LogP contribution in [-0.4, -0.2) is 14.5 Å². The Labute approximate surface area is 149 Å². The highest BCUT2D eigenvalue weighted by molar-refractivity contribution is 5.75. The molecule has 0 radical (unpaired) electrons. The van der Waals surface area contributed by atoms with Crippen LogP contribution in [0.15, 0.2) is 77.1 Å². The van der Waals surface area contributed by atoms with E-state index in [1.54, 1.807) is 36.4 Å². The normalized spacial score (nSPS) is 11.5. The Balaban J connectivity index is 1.88. The van der Waals surface area contributed by atoms with Gasteiger partial charge in [0.15, 0.2) is 5.82 Å². The molecule has 0 unspecified atom stereocenters. The molecule has 0 fully saturated rings. The Morgan fingerprint density at radius 3 is 2.42 bits per heavy atom. The first-order valence-electron chi connectivity index (χ1n) is 8.06. The molecule has 0 bridgehead atoms. The van der Waals surface area contributed by atoms with Crippen LogP contribution in [0.1, 0.15) is 5.56 Å². The van der Waals surface area contributed by atoms with E-state index in [9.17, 15) is 9.50 Å². The summed E-state index contributed by atoms with van der Waals surface area (Å²) in [5, 5.41) is 18.0. The van der Waals surface area contributed by atoms with Gasteiger partial charge in [-0.1, -0.05) is 6.07 Å². The second-order valence-electron chi connectivity index (χ2n) is 5.89. The SMILES string of the molecule is Cc1cccn2c(N=Nc3ccc(O)cc3)c(-c3ccc(F)cc3)nc12. The van der Waals surface area contributed by atoms with Crippen LogP contribution in [0.4, 0.5) is 15.9 Å². The number of aromatic hydroxyl groups is 1. The van der Waals surface area contributed by atoms with Crippen molar-refractivity contribution in [2.75, 3.05) is 0 Å². The van der Waals surface area contributed by atoms with Gasteiger partial charge in [0.2, 0.25) is 0 Å². The Hall–Kier alpha value is -3.54. The molecule has 1 N–H and O–H groups in total. The second-order valence-corrected chi connectivity index (χ2v) is 5.89.